The second-order valence-electron chi connectivity index (χ2n) is 7.25. The fourth-order valence-electron chi connectivity index (χ4n) is 3.54. The van der Waals surface area contributed by atoms with Gasteiger partial charge in [-0.15, -0.1) is 0 Å². The highest BCUT2D eigenvalue weighted by Crippen LogP contribution is 2.40. The van der Waals surface area contributed by atoms with E-state index in [2.05, 4.69) is 26.0 Å². The summed E-state index contributed by atoms with van der Waals surface area (Å²) in [5.74, 6) is 2.43. The standard InChI is InChI=1S/C20H24N2O2/c1-13(2)18-17(14-7-4-3-5-8-14)21-19(24-18)16-9-6-12-22(16)20(23)15-10-11-15/h3-5,7-8,13,15-16H,6,9-12H2,1-2H3/t16-/m0/s1. The number of rotatable bonds is 4. The van der Waals surface area contributed by atoms with Crippen molar-refractivity contribution in [1.82, 2.24) is 9.88 Å². The summed E-state index contributed by atoms with van der Waals surface area (Å²) in [6.07, 6.45) is 4.06. The van der Waals surface area contributed by atoms with Crippen LogP contribution in [-0.4, -0.2) is 22.3 Å². The Hall–Kier alpha value is -2.10. The fraction of sp³-hybridized carbons (Fsp3) is 0.500. The van der Waals surface area contributed by atoms with Crippen LogP contribution in [-0.2, 0) is 4.79 Å². The van der Waals surface area contributed by atoms with Crippen molar-refractivity contribution in [3.63, 3.8) is 0 Å². The summed E-state index contributed by atoms with van der Waals surface area (Å²) in [6.45, 7) is 5.08. The molecule has 24 heavy (non-hydrogen) atoms. The molecule has 126 valence electrons. The molecule has 1 atom stereocenters. The summed E-state index contributed by atoms with van der Waals surface area (Å²) < 4.78 is 6.19. The average Bonchev–Trinajstić information content (AvgIpc) is 3.16. The molecule has 4 rings (SSSR count). The van der Waals surface area contributed by atoms with Gasteiger partial charge in [-0.25, -0.2) is 4.98 Å². The lowest BCUT2D eigenvalue weighted by atomic mass is 10.0. The van der Waals surface area contributed by atoms with E-state index in [4.69, 9.17) is 9.40 Å². The third-order valence-corrected chi connectivity index (χ3v) is 4.99. The maximum Gasteiger partial charge on any atom is 0.226 e. The van der Waals surface area contributed by atoms with Gasteiger partial charge in [0, 0.05) is 23.9 Å². The van der Waals surface area contributed by atoms with E-state index in [1.165, 1.54) is 0 Å². The van der Waals surface area contributed by atoms with Gasteiger partial charge in [0.1, 0.15) is 17.5 Å². The zero-order valence-corrected chi connectivity index (χ0v) is 14.4. The van der Waals surface area contributed by atoms with Gasteiger partial charge in [0.15, 0.2) is 0 Å². The molecular formula is C20H24N2O2. The van der Waals surface area contributed by atoms with E-state index in [9.17, 15) is 4.79 Å². The first-order valence-corrected chi connectivity index (χ1v) is 9.01. The molecule has 4 nitrogen and oxygen atoms in total. The van der Waals surface area contributed by atoms with E-state index in [-0.39, 0.29) is 17.9 Å². The van der Waals surface area contributed by atoms with Crippen LogP contribution >= 0.6 is 0 Å². The van der Waals surface area contributed by atoms with Crippen molar-refractivity contribution in [2.45, 2.75) is 51.5 Å². The molecule has 1 saturated carbocycles. The summed E-state index contributed by atoms with van der Waals surface area (Å²) in [6, 6.07) is 10.2. The number of carbonyl (C=O) groups is 1. The van der Waals surface area contributed by atoms with Crippen LogP contribution in [0.25, 0.3) is 11.3 Å². The molecule has 4 heteroatoms. The Morgan fingerprint density at radius 1 is 1.21 bits per heavy atom. The predicted molar refractivity (Wildman–Crippen MR) is 92.4 cm³/mol. The number of hydrogen-bond donors (Lipinski definition) is 0. The van der Waals surface area contributed by atoms with Gasteiger partial charge >= 0.3 is 0 Å². The van der Waals surface area contributed by atoms with Crippen LogP contribution in [0.4, 0.5) is 0 Å². The average molecular weight is 324 g/mol. The predicted octanol–water partition coefficient (Wildman–Crippen LogP) is 4.54. The van der Waals surface area contributed by atoms with E-state index in [1.807, 2.05) is 23.1 Å². The fourth-order valence-corrected chi connectivity index (χ4v) is 3.54. The van der Waals surface area contributed by atoms with Crippen molar-refractivity contribution in [3.8, 4) is 11.3 Å². The van der Waals surface area contributed by atoms with Crippen LogP contribution in [0, 0.1) is 5.92 Å². The summed E-state index contributed by atoms with van der Waals surface area (Å²) in [4.78, 5) is 19.4. The molecular weight excluding hydrogens is 300 g/mol. The van der Waals surface area contributed by atoms with Gasteiger partial charge in [0.2, 0.25) is 11.8 Å². The van der Waals surface area contributed by atoms with Crippen molar-refractivity contribution in [1.29, 1.82) is 0 Å². The number of nitrogens with zero attached hydrogens (tertiary/aromatic N) is 2. The molecule has 2 aliphatic rings. The molecule has 0 spiro atoms. The van der Waals surface area contributed by atoms with E-state index in [0.717, 1.165) is 49.2 Å². The van der Waals surface area contributed by atoms with Crippen molar-refractivity contribution >= 4 is 5.91 Å². The van der Waals surface area contributed by atoms with Crippen molar-refractivity contribution < 1.29 is 9.21 Å². The third kappa shape index (κ3) is 2.74. The smallest absolute Gasteiger partial charge is 0.226 e. The molecule has 1 aliphatic carbocycles. The Morgan fingerprint density at radius 3 is 2.62 bits per heavy atom. The van der Waals surface area contributed by atoms with Crippen LogP contribution in [0.2, 0.25) is 0 Å². The number of benzene rings is 1. The molecule has 2 heterocycles. The van der Waals surface area contributed by atoms with Crippen molar-refractivity contribution in [2.75, 3.05) is 6.54 Å². The lowest BCUT2D eigenvalue weighted by Crippen LogP contribution is -2.31. The second-order valence-corrected chi connectivity index (χ2v) is 7.25. The largest absolute Gasteiger partial charge is 0.442 e. The molecule has 0 unspecified atom stereocenters. The minimum Gasteiger partial charge on any atom is -0.442 e. The van der Waals surface area contributed by atoms with E-state index in [1.54, 1.807) is 0 Å². The summed E-state index contributed by atoms with van der Waals surface area (Å²) in [5, 5.41) is 0. The van der Waals surface area contributed by atoms with Gasteiger partial charge in [0.05, 0.1) is 0 Å². The molecule has 2 fully saturated rings. The van der Waals surface area contributed by atoms with E-state index >= 15 is 0 Å². The zero-order valence-electron chi connectivity index (χ0n) is 14.4. The highest BCUT2D eigenvalue weighted by Gasteiger charge is 2.40. The normalized spacial score (nSPS) is 20.8. The third-order valence-electron chi connectivity index (χ3n) is 4.99. The van der Waals surface area contributed by atoms with Crippen LogP contribution in [0.5, 0.6) is 0 Å². The first kappa shape index (κ1) is 15.4. The van der Waals surface area contributed by atoms with Gasteiger partial charge in [-0.2, -0.15) is 0 Å². The highest BCUT2D eigenvalue weighted by molar-refractivity contribution is 5.81. The summed E-state index contributed by atoms with van der Waals surface area (Å²) in [5.41, 5.74) is 2.00. The Morgan fingerprint density at radius 2 is 1.96 bits per heavy atom. The summed E-state index contributed by atoms with van der Waals surface area (Å²) >= 11 is 0. The lowest BCUT2D eigenvalue weighted by molar-refractivity contribution is -0.133. The van der Waals surface area contributed by atoms with Gasteiger partial charge in [-0.1, -0.05) is 44.2 Å². The van der Waals surface area contributed by atoms with Crippen LogP contribution in [0.15, 0.2) is 34.7 Å². The maximum atomic E-state index is 12.5. The number of hydrogen-bond acceptors (Lipinski definition) is 3. The van der Waals surface area contributed by atoms with E-state index in [0.29, 0.717) is 11.8 Å². The van der Waals surface area contributed by atoms with Crippen LogP contribution < -0.4 is 0 Å². The number of aromatic nitrogens is 1. The molecule has 2 aromatic rings. The first-order chi connectivity index (χ1) is 11.6. The van der Waals surface area contributed by atoms with Gasteiger partial charge in [-0.05, 0) is 25.7 Å². The molecule has 0 bridgehead atoms. The topological polar surface area (TPSA) is 46.3 Å². The minimum atomic E-state index is 0.00747. The Labute approximate surface area is 142 Å². The van der Waals surface area contributed by atoms with Crippen molar-refractivity contribution in [3.05, 3.63) is 42.0 Å². The Kier molecular flexibility index (Phi) is 3.91. The van der Waals surface area contributed by atoms with E-state index < -0.39 is 0 Å². The van der Waals surface area contributed by atoms with Gasteiger partial charge in [0.25, 0.3) is 0 Å². The van der Waals surface area contributed by atoms with Crippen LogP contribution in [0.3, 0.4) is 0 Å². The molecule has 0 radical (unpaired) electrons. The number of oxazole rings is 1. The SMILES string of the molecule is CC(C)c1oc([C@@H]2CCCN2C(=O)C2CC2)nc1-c1ccccc1. The van der Waals surface area contributed by atoms with Crippen molar-refractivity contribution in [2.24, 2.45) is 5.92 Å². The molecule has 0 N–H and O–H groups in total. The maximum absolute atomic E-state index is 12.5. The zero-order chi connectivity index (χ0) is 16.7. The molecule has 1 aromatic carbocycles. The minimum absolute atomic E-state index is 0.00747. The van der Waals surface area contributed by atoms with Gasteiger partial charge < -0.3 is 9.32 Å². The van der Waals surface area contributed by atoms with Crippen LogP contribution in [0.1, 0.15) is 63.1 Å². The molecule has 1 saturated heterocycles. The lowest BCUT2D eigenvalue weighted by Gasteiger charge is -2.22. The molecule has 1 aliphatic heterocycles. The Balaban J connectivity index is 1.69. The second kappa shape index (κ2) is 6.08. The first-order valence-electron chi connectivity index (χ1n) is 9.01. The quantitative estimate of drug-likeness (QED) is 0.829. The molecule has 1 aromatic heterocycles. The number of likely N-dealkylation sites (tertiary alicyclic amines) is 1. The summed E-state index contributed by atoms with van der Waals surface area (Å²) in [7, 11) is 0. The monoisotopic (exact) mass is 324 g/mol. The highest BCUT2D eigenvalue weighted by atomic mass is 16.4. The van der Waals surface area contributed by atoms with Gasteiger partial charge in [-0.3, -0.25) is 4.79 Å². The Bertz CT molecular complexity index is 731. The number of carbonyl (C=O) groups excluding carboxylic acids is 1. The molecule has 1 amide bonds. The number of amides is 1.